The molecular weight excluding hydrogens is 264 g/mol. The Labute approximate surface area is 125 Å². The number of nitrogens with two attached hydrogens (primary N) is 1. The van der Waals surface area contributed by atoms with Crippen LogP contribution in [0.4, 0.5) is 0 Å². The summed E-state index contributed by atoms with van der Waals surface area (Å²) >= 11 is 0. The van der Waals surface area contributed by atoms with E-state index in [2.05, 4.69) is 30.0 Å². The van der Waals surface area contributed by atoms with Gasteiger partial charge in [-0.3, -0.25) is 0 Å². The first-order valence-electron chi connectivity index (χ1n) is 7.90. The summed E-state index contributed by atoms with van der Waals surface area (Å²) in [6.07, 6.45) is 8.48. The van der Waals surface area contributed by atoms with Gasteiger partial charge in [-0.1, -0.05) is 20.3 Å². The zero-order valence-corrected chi connectivity index (χ0v) is 12.8. The Bertz CT molecular complexity index is 607. The van der Waals surface area contributed by atoms with Gasteiger partial charge in [0.05, 0.1) is 5.69 Å². The predicted octanol–water partition coefficient (Wildman–Crippen LogP) is 2.75. The summed E-state index contributed by atoms with van der Waals surface area (Å²) in [5.74, 6) is 1.51. The fourth-order valence-corrected chi connectivity index (χ4v) is 3.03. The van der Waals surface area contributed by atoms with Crippen molar-refractivity contribution in [2.24, 2.45) is 11.7 Å². The van der Waals surface area contributed by atoms with Crippen LogP contribution in [0, 0.1) is 5.92 Å². The van der Waals surface area contributed by atoms with Crippen molar-refractivity contribution < 1.29 is 4.74 Å². The van der Waals surface area contributed by atoms with Crippen molar-refractivity contribution >= 4 is 5.52 Å². The largest absolute Gasteiger partial charge is 0.472 e. The first-order valence-corrected chi connectivity index (χ1v) is 7.90. The maximum absolute atomic E-state index is 6.21. The summed E-state index contributed by atoms with van der Waals surface area (Å²) in [6, 6.07) is 2.08. The van der Waals surface area contributed by atoms with Crippen LogP contribution in [0.5, 0.6) is 5.88 Å². The average molecular weight is 288 g/mol. The van der Waals surface area contributed by atoms with Crippen molar-refractivity contribution in [1.29, 1.82) is 0 Å². The second-order valence-electron chi connectivity index (χ2n) is 6.22. The van der Waals surface area contributed by atoms with Gasteiger partial charge in [0.1, 0.15) is 11.6 Å². The highest BCUT2D eigenvalue weighted by Crippen LogP contribution is 2.29. The van der Waals surface area contributed by atoms with Crippen LogP contribution in [-0.2, 0) is 0 Å². The molecular formula is C16H24N4O. The molecule has 0 amide bonds. The number of hydrogen-bond acceptors (Lipinski definition) is 4. The minimum atomic E-state index is 0.180. The minimum Gasteiger partial charge on any atom is -0.472 e. The Morgan fingerprint density at radius 3 is 2.95 bits per heavy atom. The first-order chi connectivity index (χ1) is 10.2. The van der Waals surface area contributed by atoms with Crippen molar-refractivity contribution in [3.8, 4) is 5.88 Å². The van der Waals surface area contributed by atoms with E-state index in [-0.39, 0.29) is 6.10 Å². The topological polar surface area (TPSA) is 65.4 Å². The molecule has 1 aliphatic rings. The number of fused-ring (bicyclic) bond motifs is 1. The molecule has 1 saturated carbocycles. The van der Waals surface area contributed by atoms with E-state index in [1.165, 1.54) is 12.8 Å². The predicted molar refractivity (Wildman–Crippen MR) is 82.5 cm³/mol. The van der Waals surface area contributed by atoms with Crippen LogP contribution < -0.4 is 10.5 Å². The van der Waals surface area contributed by atoms with Crippen LogP contribution >= 0.6 is 0 Å². The molecule has 2 atom stereocenters. The van der Waals surface area contributed by atoms with Gasteiger partial charge in [0, 0.05) is 18.3 Å². The SMILES string of the molecule is CC(C)c1cc2c(OC3CCCCC3CN)nccn2n1. The van der Waals surface area contributed by atoms with Crippen molar-refractivity contribution in [1.82, 2.24) is 14.6 Å². The monoisotopic (exact) mass is 288 g/mol. The Morgan fingerprint density at radius 1 is 1.38 bits per heavy atom. The van der Waals surface area contributed by atoms with Crippen LogP contribution in [0.15, 0.2) is 18.5 Å². The molecule has 1 fully saturated rings. The van der Waals surface area contributed by atoms with Crippen molar-refractivity contribution in [2.45, 2.75) is 51.6 Å². The molecule has 0 spiro atoms. The van der Waals surface area contributed by atoms with E-state index >= 15 is 0 Å². The molecule has 3 rings (SSSR count). The van der Waals surface area contributed by atoms with Gasteiger partial charge in [-0.05, 0) is 37.8 Å². The van der Waals surface area contributed by atoms with Crippen molar-refractivity contribution in [2.75, 3.05) is 6.54 Å². The van der Waals surface area contributed by atoms with Gasteiger partial charge in [0.25, 0.3) is 0 Å². The lowest BCUT2D eigenvalue weighted by Crippen LogP contribution is -2.35. The highest BCUT2D eigenvalue weighted by molar-refractivity contribution is 5.57. The number of hydrogen-bond donors (Lipinski definition) is 1. The molecule has 0 bridgehead atoms. The third-order valence-electron chi connectivity index (χ3n) is 4.37. The average Bonchev–Trinajstić information content (AvgIpc) is 2.93. The Balaban J connectivity index is 1.89. The third kappa shape index (κ3) is 2.88. The maximum Gasteiger partial charge on any atom is 0.240 e. The summed E-state index contributed by atoms with van der Waals surface area (Å²) in [5.41, 5.74) is 7.89. The van der Waals surface area contributed by atoms with Crippen LogP contribution in [0.3, 0.4) is 0 Å². The molecule has 0 aromatic carbocycles. The molecule has 2 unspecified atom stereocenters. The second-order valence-corrected chi connectivity index (χ2v) is 6.22. The van der Waals surface area contributed by atoms with E-state index in [0.717, 1.165) is 24.1 Å². The molecule has 2 heterocycles. The van der Waals surface area contributed by atoms with Crippen LogP contribution in [0.1, 0.15) is 51.1 Å². The molecule has 5 nitrogen and oxygen atoms in total. The van der Waals surface area contributed by atoms with Gasteiger partial charge >= 0.3 is 0 Å². The van der Waals surface area contributed by atoms with E-state index in [9.17, 15) is 0 Å². The summed E-state index contributed by atoms with van der Waals surface area (Å²) in [5, 5.41) is 4.58. The lowest BCUT2D eigenvalue weighted by atomic mass is 9.86. The van der Waals surface area contributed by atoms with E-state index in [1.807, 2.05) is 10.7 Å². The van der Waals surface area contributed by atoms with E-state index in [4.69, 9.17) is 10.5 Å². The molecule has 0 saturated heterocycles. The second kappa shape index (κ2) is 6.02. The van der Waals surface area contributed by atoms with Crippen LogP contribution in [-0.4, -0.2) is 27.2 Å². The first kappa shape index (κ1) is 14.3. The molecule has 2 aromatic heterocycles. The smallest absolute Gasteiger partial charge is 0.240 e. The Kier molecular flexibility index (Phi) is 4.10. The highest BCUT2D eigenvalue weighted by atomic mass is 16.5. The number of rotatable bonds is 4. The summed E-state index contributed by atoms with van der Waals surface area (Å²) in [6.45, 7) is 4.97. The Hall–Kier alpha value is -1.62. The van der Waals surface area contributed by atoms with E-state index in [1.54, 1.807) is 6.20 Å². The lowest BCUT2D eigenvalue weighted by Gasteiger charge is -2.30. The highest BCUT2D eigenvalue weighted by Gasteiger charge is 2.26. The molecule has 0 aliphatic heterocycles. The van der Waals surface area contributed by atoms with Gasteiger partial charge in [-0.2, -0.15) is 5.10 Å². The summed E-state index contributed by atoms with van der Waals surface area (Å²) in [7, 11) is 0. The molecule has 114 valence electrons. The zero-order valence-electron chi connectivity index (χ0n) is 12.8. The summed E-state index contributed by atoms with van der Waals surface area (Å²) in [4.78, 5) is 4.42. The quantitative estimate of drug-likeness (QED) is 0.939. The fraction of sp³-hybridized carbons (Fsp3) is 0.625. The Morgan fingerprint density at radius 2 is 2.19 bits per heavy atom. The zero-order chi connectivity index (χ0) is 14.8. The van der Waals surface area contributed by atoms with Gasteiger partial charge < -0.3 is 10.5 Å². The number of ether oxygens (including phenoxy) is 1. The van der Waals surface area contributed by atoms with Crippen LogP contribution in [0.2, 0.25) is 0 Å². The van der Waals surface area contributed by atoms with Gasteiger partial charge in [-0.25, -0.2) is 9.50 Å². The van der Waals surface area contributed by atoms with Gasteiger partial charge in [-0.15, -0.1) is 0 Å². The molecule has 0 radical (unpaired) electrons. The molecule has 1 aliphatic carbocycles. The summed E-state index contributed by atoms with van der Waals surface area (Å²) < 4.78 is 8.07. The van der Waals surface area contributed by atoms with Crippen LogP contribution in [0.25, 0.3) is 5.52 Å². The minimum absolute atomic E-state index is 0.180. The maximum atomic E-state index is 6.21. The molecule has 21 heavy (non-hydrogen) atoms. The fourth-order valence-electron chi connectivity index (χ4n) is 3.03. The molecule has 2 N–H and O–H groups in total. The van der Waals surface area contributed by atoms with Gasteiger partial charge in [0.2, 0.25) is 5.88 Å². The third-order valence-corrected chi connectivity index (χ3v) is 4.37. The van der Waals surface area contributed by atoms with E-state index < -0.39 is 0 Å². The molecule has 2 aromatic rings. The standard InChI is InChI=1S/C16H24N4O/c1-11(2)13-9-14-16(18-7-8-20(14)19-13)21-15-6-4-3-5-12(15)10-17/h7-9,11-12,15H,3-6,10,17H2,1-2H3. The van der Waals surface area contributed by atoms with E-state index in [0.29, 0.717) is 24.3 Å². The number of aromatic nitrogens is 3. The normalized spacial score (nSPS) is 22.9. The number of nitrogens with zero attached hydrogens (tertiary/aromatic N) is 3. The molecule has 5 heteroatoms. The lowest BCUT2D eigenvalue weighted by molar-refractivity contribution is 0.0935. The van der Waals surface area contributed by atoms with Crippen molar-refractivity contribution in [3.05, 3.63) is 24.2 Å². The van der Waals surface area contributed by atoms with Crippen molar-refractivity contribution in [3.63, 3.8) is 0 Å². The van der Waals surface area contributed by atoms with Gasteiger partial charge in [0.15, 0.2) is 0 Å².